The molecule has 1 aromatic carbocycles. The van der Waals surface area contributed by atoms with E-state index in [0.29, 0.717) is 15.6 Å². The number of carbonyl (C=O) groups is 1. The Morgan fingerprint density at radius 3 is 2.17 bits per heavy atom. The highest BCUT2D eigenvalue weighted by Gasteiger charge is 1.97. The SMILES string of the molecule is O=C([O-])Cc1cc(Cl)cc(Cl)c1. The average molecular weight is 204 g/mol. The third-order valence-electron chi connectivity index (χ3n) is 1.27. The van der Waals surface area contributed by atoms with Gasteiger partial charge in [0.05, 0.1) is 0 Å². The van der Waals surface area contributed by atoms with Crippen LogP contribution in [0.15, 0.2) is 18.2 Å². The normalized spacial score (nSPS) is 9.83. The van der Waals surface area contributed by atoms with Crippen LogP contribution in [0.1, 0.15) is 5.56 Å². The lowest BCUT2D eigenvalue weighted by Crippen LogP contribution is -2.24. The van der Waals surface area contributed by atoms with Crippen LogP contribution in [-0.2, 0) is 11.2 Å². The van der Waals surface area contributed by atoms with Gasteiger partial charge in [-0.3, -0.25) is 0 Å². The number of rotatable bonds is 2. The standard InChI is InChI=1S/C8H6Cl2O2/c9-6-1-5(3-8(11)12)2-7(10)4-6/h1-2,4H,3H2,(H,11,12)/p-1. The van der Waals surface area contributed by atoms with E-state index in [0.717, 1.165) is 0 Å². The second-order valence-electron chi connectivity index (χ2n) is 2.33. The maximum absolute atomic E-state index is 10.2. The Labute approximate surface area is 79.7 Å². The Hall–Kier alpha value is -0.730. The van der Waals surface area contributed by atoms with Gasteiger partial charge in [-0.2, -0.15) is 0 Å². The summed E-state index contributed by atoms with van der Waals surface area (Å²) < 4.78 is 0. The minimum absolute atomic E-state index is 0.166. The Bertz CT molecular complexity index is 290. The number of hydrogen-bond acceptors (Lipinski definition) is 2. The van der Waals surface area contributed by atoms with Crippen molar-refractivity contribution in [2.45, 2.75) is 6.42 Å². The predicted molar refractivity (Wildman–Crippen MR) is 45.2 cm³/mol. The van der Waals surface area contributed by atoms with E-state index >= 15 is 0 Å². The fraction of sp³-hybridized carbons (Fsp3) is 0.125. The van der Waals surface area contributed by atoms with E-state index in [1.807, 2.05) is 0 Å². The zero-order valence-corrected chi connectivity index (χ0v) is 7.52. The zero-order chi connectivity index (χ0) is 9.14. The molecule has 0 aliphatic carbocycles. The van der Waals surface area contributed by atoms with Gasteiger partial charge in [-0.05, 0) is 23.8 Å². The fourth-order valence-electron chi connectivity index (χ4n) is 0.880. The number of carboxylic acid groups (broad SMARTS) is 1. The van der Waals surface area contributed by atoms with Crippen molar-refractivity contribution in [1.82, 2.24) is 0 Å². The Balaban J connectivity index is 2.93. The zero-order valence-electron chi connectivity index (χ0n) is 6.01. The Morgan fingerprint density at radius 1 is 1.25 bits per heavy atom. The predicted octanol–water partition coefficient (Wildman–Crippen LogP) is 1.29. The number of carbonyl (C=O) groups excluding carboxylic acids is 1. The molecule has 1 aromatic rings. The molecule has 1 rings (SSSR count). The van der Waals surface area contributed by atoms with E-state index in [1.165, 1.54) is 0 Å². The van der Waals surface area contributed by atoms with E-state index in [2.05, 4.69) is 0 Å². The van der Waals surface area contributed by atoms with Crippen molar-refractivity contribution < 1.29 is 9.90 Å². The van der Waals surface area contributed by atoms with Crippen LogP contribution in [-0.4, -0.2) is 5.97 Å². The van der Waals surface area contributed by atoms with Crippen LogP contribution in [0.4, 0.5) is 0 Å². The monoisotopic (exact) mass is 203 g/mol. The molecule has 12 heavy (non-hydrogen) atoms. The number of hydrogen-bond donors (Lipinski definition) is 0. The molecule has 0 radical (unpaired) electrons. The molecule has 0 bridgehead atoms. The van der Waals surface area contributed by atoms with Crippen molar-refractivity contribution >= 4 is 29.2 Å². The highest BCUT2D eigenvalue weighted by Crippen LogP contribution is 2.18. The van der Waals surface area contributed by atoms with Gasteiger partial charge in [-0.1, -0.05) is 23.2 Å². The van der Waals surface area contributed by atoms with Crippen molar-refractivity contribution in [2.75, 3.05) is 0 Å². The minimum atomic E-state index is -1.15. The second kappa shape index (κ2) is 3.78. The quantitative estimate of drug-likeness (QED) is 0.727. The van der Waals surface area contributed by atoms with E-state index in [-0.39, 0.29) is 6.42 Å². The molecule has 64 valence electrons. The van der Waals surface area contributed by atoms with Crippen molar-refractivity contribution in [3.8, 4) is 0 Å². The molecular weight excluding hydrogens is 199 g/mol. The summed E-state index contributed by atoms with van der Waals surface area (Å²) >= 11 is 11.3. The highest BCUT2D eigenvalue weighted by molar-refractivity contribution is 6.34. The summed E-state index contributed by atoms with van der Waals surface area (Å²) in [6, 6.07) is 4.63. The molecule has 0 fully saturated rings. The van der Waals surface area contributed by atoms with Crippen LogP contribution in [0.3, 0.4) is 0 Å². The summed E-state index contributed by atoms with van der Waals surface area (Å²) in [5, 5.41) is 11.1. The first-order valence-corrected chi connectivity index (χ1v) is 3.98. The van der Waals surface area contributed by atoms with Crippen LogP contribution >= 0.6 is 23.2 Å². The van der Waals surface area contributed by atoms with Gasteiger partial charge >= 0.3 is 0 Å². The molecular formula is C8H5Cl2O2-. The molecule has 0 heterocycles. The summed E-state index contributed by atoms with van der Waals surface area (Å²) in [4.78, 5) is 10.2. The van der Waals surface area contributed by atoms with Gasteiger partial charge in [-0.25, -0.2) is 0 Å². The third kappa shape index (κ3) is 2.72. The summed E-state index contributed by atoms with van der Waals surface area (Å²) in [6.45, 7) is 0. The average Bonchev–Trinajstić information content (AvgIpc) is 1.81. The van der Waals surface area contributed by atoms with E-state index in [4.69, 9.17) is 23.2 Å². The summed E-state index contributed by atoms with van der Waals surface area (Å²) in [7, 11) is 0. The van der Waals surface area contributed by atoms with E-state index in [9.17, 15) is 9.90 Å². The van der Waals surface area contributed by atoms with Crippen LogP contribution in [0.25, 0.3) is 0 Å². The maximum atomic E-state index is 10.2. The lowest BCUT2D eigenvalue weighted by Gasteiger charge is -2.03. The molecule has 0 spiro atoms. The van der Waals surface area contributed by atoms with Crippen molar-refractivity contribution in [3.63, 3.8) is 0 Å². The first kappa shape index (κ1) is 9.36. The van der Waals surface area contributed by atoms with Crippen molar-refractivity contribution in [2.24, 2.45) is 0 Å². The van der Waals surface area contributed by atoms with Crippen molar-refractivity contribution in [3.05, 3.63) is 33.8 Å². The van der Waals surface area contributed by atoms with E-state index in [1.54, 1.807) is 18.2 Å². The van der Waals surface area contributed by atoms with Gasteiger partial charge in [0, 0.05) is 22.4 Å². The van der Waals surface area contributed by atoms with Gasteiger partial charge in [-0.15, -0.1) is 0 Å². The molecule has 0 N–H and O–H groups in total. The maximum Gasteiger partial charge on any atom is 0.0458 e. The summed E-state index contributed by atoms with van der Waals surface area (Å²) in [5.41, 5.74) is 0.549. The molecule has 0 saturated carbocycles. The molecule has 0 atom stereocenters. The lowest BCUT2D eigenvalue weighted by molar-refractivity contribution is -0.304. The topological polar surface area (TPSA) is 40.1 Å². The van der Waals surface area contributed by atoms with Gasteiger partial charge in [0.15, 0.2) is 0 Å². The molecule has 0 aromatic heterocycles. The third-order valence-corrected chi connectivity index (χ3v) is 1.71. The molecule has 0 saturated heterocycles. The molecule has 4 heteroatoms. The Kier molecular flexibility index (Phi) is 2.95. The molecule has 0 aliphatic heterocycles. The molecule has 0 unspecified atom stereocenters. The van der Waals surface area contributed by atoms with Gasteiger partial charge in [0.1, 0.15) is 0 Å². The summed E-state index contributed by atoms with van der Waals surface area (Å²) in [6.07, 6.45) is -0.166. The smallest absolute Gasteiger partial charge is 0.0458 e. The van der Waals surface area contributed by atoms with Crippen molar-refractivity contribution in [1.29, 1.82) is 0 Å². The van der Waals surface area contributed by atoms with Gasteiger partial charge in [0.25, 0.3) is 0 Å². The number of benzene rings is 1. The largest absolute Gasteiger partial charge is 0.550 e. The van der Waals surface area contributed by atoms with Crippen LogP contribution in [0.5, 0.6) is 0 Å². The van der Waals surface area contributed by atoms with Crippen LogP contribution in [0.2, 0.25) is 10.0 Å². The molecule has 2 nitrogen and oxygen atoms in total. The summed E-state index contributed by atoms with van der Waals surface area (Å²) in [5.74, 6) is -1.15. The van der Waals surface area contributed by atoms with Gasteiger partial charge < -0.3 is 9.90 Å². The fourth-order valence-corrected chi connectivity index (χ4v) is 1.45. The number of aliphatic carboxylic acids is 1. The van der Waals surface area contributed by atoms with Crippen LogP contribution in [0, 0.1) is 0 Å². The first-order valence-electron chi connectivity index (χ1n) is 3.23. The van der Waals surface area contributed by atoms with Gasteiger partial charge in [0.2, 0.25) is 0 Å². The molecule has 0 amide bonds. The highest BCUT2D eigenvalue weighted by atomic mass is 35.5. The van der Waals surface area contributed by atoms with Crippen LogP contribution < -0.4 is 5.11 Å². The first-order chi connectivity index (χ1) is 5.58. The molecule has 0 aliphatic rings. The Morgan fingerprint density at radius 2 is 1.75 bits per heavy atom. The number of halogens is 2. The number of carboxylic acids is 1. The lowest BCUT2D eigenvalue weighted by atomic mass is 10.1. The minimum Gasteiger partial charge on any atom is -0.550 e. The second-order valence-corrected chi connectivity index (χ2v) is 3.20. The van der Waals surface area contributed by atoms with E-state index < -0.39 is 5.97 Å².